The summed E-state index contributed by atoms with van der Waals surface area (Å²) in [5.74, 6) is -2.73. The number of benzene rings is 2. The lowest BCUT2D eigenvalue weighted by Gasteiger charge is -2.14. The van der Waals surface area contributed by atoms with E-state index < -0.39 is 41.0 Å². The molecule has 4 nitrogen and oxygen atoms in total. The summed E-state index contributed by atoms with van der Waals surface area (Å²) in [6.07, 6.45) is -4.03. The highest BCUT2D eigenvalue weighted by atomic mass is 32.1. The Morgan fingerprint density at radius 2 is 1.89 bits per heavy atom. The molecule has 2 heterocycles. The number of aryl methyl sites for hydroxylation is 1. The van der Waals surface area contributed by atoms with Crippen LogP contribution in [0.3, 0.4) is 0 Å². The third-order valence-electron chi connectivity index (χ3n) is 5.49. The molecule has 0 spiro atoms. The second kappa shape index (κ2) is 10.2. The Morgan fingerprint density at radius 3 is 2.57 bits per heavy atom. The van der Waals surface area contributed by atoms with Crippen molar-refractivity contribution in [2.24, 2.45) is 0 Å². The summed E-state index contributed by atoms with van der Waals surface area (Å²) in [5.41, 5.74) is 1.70. The molecule has 1 aliphatic heterocycles. The van der Waals surface area contributed by atoms with Gasteiger partial charge in [0, 0.05) is 18.4 Å². The lowest BCUT2D eigenvalue weighted by Crippen LogP contribution is -2.10. The van der Waals surface area contributed by atoms with E-state index in [1.807, 2.05) is 0 Å². The molecule has 0 amide bonds. The number of fused-ring (bicyclic) bond motifs is 1. The topological polar surface area (TPSA) is 44.8 Å². The maximum atomic E-state index is 14.6. The van der Waals surface area contributed by atoms with Crippen LogP contribution in [0.5, 0.6) is 11.5 Å². The van der Waals surface area contributed by atoms with Gasteiger partial charge in [0.15, 0.2) is 17.4 Å². The molecule has 1 aliphatic rings. The van der Waals surface area contributed by atoms with E-state index in [0.717, 1.165) is 17.7 Å². The van der Waals surface area contributed by atoms with Gasteiger partial charge < -0.3 is 14.2 Å². The molecule has 0 saturated heterocycles. The molecule has 0 N–H and O–H groups in total. The molecule has 0 atom stereocenters. The van der Waals surface area contributed by atoms with Crippen LogP contribution in [-0.4, -0.2) is 19.2 Å². The number of alkyl halides is 3. The number of halogens is 5. The zero-order valence-corrected chi connectivity index (χ0v) is 19.5. The van der Waals surface area contributed by atoms with Crippen LogP contribution in [0.15, 0.2) is 35.7 Å². The fourth-order valence-electron chi connectivity index (χ4n) is 3.88. The minimum Gasteiger partial charge on any atom is -0.493 e. The van der Waals surface area contributed by atoms with Gasteiger partial charge in [0.05, 0.1) is 13.2 Å². The third kappa shape index (κ3) is 5.58. The minimum absolute atomic E-state index is 0.0435. The number of hydrogen-bond acceptors (Lipinski definition) is 5. The number of rotatable bonds is 8. The molecule has 0 unspecified atom stereocenters. The molecule has 4 rings (SSSR count). The Morgan fingerprint density at radius 1 is 1.14 bits per heavy atom. The second-order valence-corrected chi connectivity index (χ2v) is 8.74. The van der Waals surface area contributed by atoms with Crippen molar-refractivity contribution in [3.63, 3.8) is 0 Å². The first-order chi connectivity index (χ1) is 16.7. The second-order valence-electron chi connectivity index (χ2n) is 7.86. The fraction of sp³-hybridized carbons (Fsp3) is 0.320. The molecule has 0 aliphatic carbocycles. The fourth-order valence-corrected chi connectivity index (χ4v) is 4.84. The van der Waals surface area contributed by atoms with Crippen LogP contribution in [0, 0.1) is 11.6 Å². The van der Waals surface area contributed by atoms with Crippen LogP contribution in [0.2, 0.25) is 0 Å². The van der Waals surface area contributed by atoms with E-state index in [4.69, 9.17) is 14.2 Å². The maximum Gasteiger partial charge on any atom is 0.426 e. The number of esters is 1. The van der Waals surface area contributed by atoms with Crippen molar-refractivity contribution in [3.8, 4) is 22.6 Å². The molecule has 2 aromatic carbocycles. The first kappa shape index (κ1) is 25.0. The number of hydrogen-bond donors (Lipinski definition) is 0. The third-order valence-corrected chi connectivity index (χ3v) is 6.56. The minimum atomic E-state index is -4.66. The van der Waals surface area contributed by atoms with Crippen LogP contribution < -0.4 is 9.47 Å². The highest BCUT2D eigenvalue weighted by Crippen LogP contribution is 2.43. The molecule has 3 aromatic rings. The van der Waals surface area contributed by atoms with Crippen LogP contribution in [0.4, 0.5) is 22.0 Å². The van der Waals surface area contributed by atoms with Gasteiger partial charge in [-0.05, 0) is 65.2 Å². The van der Waals surface area contributed by atoms with E-state index in [9.17, 15) is 26.7 Å². The van der Waals surface area contributed by atoms with E-state index in [2.05, 4.69) is 0 Å². The van der Waals surface area contributed by atoms with Gasteiger partial charge in [0.25, 0.3) is 0 Å². The number of carbonyl (C=O) groups is 1. The van der Waals surface area contributed by atoms with Crippen LogP contribution >= 0.6 is 11.3 Å². The lowest BCUT2D eigenvalue weighted by atomic mass is 10.00. The summed E-state index contributed by atoms with van der Waals surface area (Å²) in [6, 6.07) is 7.10. The summed E-state index contributed by atoms with van der Waals surface area (Å²) in [7, 11) is 0. The summed E-state index contributed by atoms with van der Waals surface area (Å²) in [6.45, 7) is 1.65. The monoisotopic (exact) mass is 512 g/mol. The van der Waals surface area contributed by atoms with Gasteiger partial charge in [-0.15, -0.1) is 11.3 Å². The molecule has 0 bridgehead atoms. The van der Waals surface area contributed by atoms with Gasteiger partial charge in [-0.2, -0.15) is 13.2 Å². The molecule has 186 valence electrons. The normalized spacial score (nSPS) is 12.9. The van der Waals surface area contributed by atoms with Crippen molar-refractivity contribution >= 4 is 17.3 Å². The molecule has 1 aromatic heterocycles. The summed E-state index contributed by atoms with van der Waals surface area (Å²) < 4.78 is 85.8. The van der Waals surface area contributed by atoms with E-state index in [1.165, 1.54) is 5.38 Å². The van der Waals surface area contributed by atoms with Crippen molar-refractivity contribution in [1.29, 1.82) is 0 Å². The first-order valence-corrected chi connectivity index (χ1v) is 11.7. The largest absolute Gasteiger partial charge is 0.493 e. The van der Waals surface area contributed by atoms with Gasteiger partial charge in [-0.25, -0.2) is 8.78 Å². The molecule has 0 saturated carbocycles. The average molecular weight is 512 g/mol. The first-order valence-electron chi connectivity index (χ1n) is 10.9. The van der Waals surface area contributed by atoms with E-state index in [0.29, 0.717) is 35.7 Å². The van der Waals surface area contributed by atoms with Crippen molar-refractivity contribution in [2.45, 2.75) is 39.0 Å². The van der Waals surface area contributed by atoms with Crippen LogP contribution in [-0.2, 0) is 35.2 Å². The maximum absolute atomic E-state index is 14.6. The molecular weight excluding hydrogens is 491 g/mol. The van der Waals surface area contributed by atoms with Crippen molar-refractivity contribution < 1.29 is 41.0 Å². The summed E-state index contributed by atoms with van der Waals surface area (Å²) in [4.78, 5) is 10.6. The number of ether oxygens (including phenoxy) is 3. The zero-order chi connectivity index (χ0) is 25.2. The van der Waals surface area contributed by atoms with Crippen molar-refractivity contribution in [2.75, 3.05) is 13.2 Å². The Labute approximate surface area is 202 Å². The molecule has 0 fully saturated rings. The average Bonchev–Trinajstić information content (AvgIpc) is 3.43. The van der Waals surface area contributed by atoms with Crippen molar-refractivity contribution in [1.82, 2.24) is 0 Å². The molecule has 10 heteroatoms. The van der Waals surface area contributed by atoms with E-state index >= 15 is 0 Å². The smallest absolute Gasteiger partial charge is 0.426 e. The Hall–Kier alpha value is -3.14. The van der Waals surface area contributed by atoms with E-state index in [-0.39, 0.29) is 36.1 Å². The predicted molar refractivity (Wildman–Crippen MR) is 120 cm³/mol. The van der Waals surface area contributed by atoms with Gasteiger partial charge in [0.1, 0.15) is 17.2 Å². The number of thiophene rings is 1. The highest BCUT2D eigenvalue weighted by molar-refractivity contribution is 7.10. The van der Waals surface area contributed by atoms with E-state index in [1.54, 1.807) is 25.1 Å². The quantitative estimate of drug-likeness (QED) is 0.248. The van der Waals surface area contributed by atoms with Gasteiger partial charge >= 0.3 is 12.1 Å². The van der Waals surface area contributed by atoms with Crippen LogP contribution in [0.25, 0.3) is 11.1 Å². The number of carbonyl (C=O) groups excluding carboxylic acids is 1. The predicted octanol–water partition coefficient (Wildman–Crippen LogP) is 6.72. The van der Waals surface area contributed by atoms with Crippen molar-refractivity contribution in [3.05, 3.63) is 68.9 Å². The lowest BCUT2D eigenvalue weighted by molar-refractivity contribution is -0.143. The summed E-state index contributed by atoms with van der Waals surface area (Å²) in [5, 5.41) is 1.37. The summed E-state index contributed by atoms with van der Waals surface area (Å²) >= 11 is 0.503. The molecule has 0 radical (unpaired) electrons. The Bertz CT molecular complexity index is 1210. The SMILES string of the molecule is CCOC(=O)CCc1cc(F)c(OCc2c(-c3ccc4c(c3)CCO4)csc2C(F)(F)F)c(F)c1. The Balaban J connectivity index is 1.58. The van der Waals surface area contributed by atoms with Gasteiger partial charge in [-0.1, -0.05) is 6.07 Å². The molecule has 35 heavy (non-hydrogen) atoms. The Kier molecular flexibility index (Phi) is 7.30. The van der Waals surface area contributed by atoms with Gasteiger partial charge in [-0.3, -0.25) is 4.79 Å². The van der Waals surface area contributed by atoms with Gasteiger partial charge in [0.2, 0.25) is 0 Å². The standard InChI is InChI=1S/C25H21F5O4S/c1-2-32-22(31)6-3-14-9-19(26)23(20(27)10-14)34-12-17-18(13-35-24(17)25(28,29)30)15-4-5-21-16(11-15)7-8-33-21/h4-5,9-11,13H,2-3,6-8,12H2,1H3. The highest BCUT2D eigenvalue weighted by Gasteiger charge is 2.37. The van der Waals surface area contributed by atoms with Crippen LogP contribution in [0.1, 0.15) is 34.9 Å². The molecular formula is C25H21F5O4S. The zero-order valence-electron chi connectivity index (χ0n) is 18.6.